The van der Waals surface area contributed by atoms with Gasteiger partial charge in [0.15, 0.2) is 11.5 Å². The molecule has 0 unspecified atom stereocenters. The van der Waals surface area contributed by atoms with Gasteiger partial charge in [0.05, 0.1) is 24.6 Å². The van der Waals surface area contributed by atoms with Gasteiger partial charge in [0.1, 0.15) is 0 Å². The van der Waals surface area contributed by atoms with E-state index in [1.54, 1.807) is 54.5 Å². The third-order valence-electron chi connectivity index (χ3n) is 7.29. The molecule has 222 valence electrons. The molecule has 2 aromatic heterocycles. The zero-order valence-electron chi connectivity index (χ0n) is 25.0. The molecule has 1 saturated heterocycles. The lowest BCUT2D eigenvalue weighted by molar-refractivity contribution is 0.0303. The highest BCUT2D eigenvalue weighted by molar-refractivity contribution is 6.03. The van der Waals surface area contributed by atoms with Crippen molar-refractivity contribution in [1.82, 2.24) is 24.6 Å². The second kappa shape index (κ2) is 12.1. The first-order valence-corrected chi connectivity index (χ1v) is 14.1. The molecule has 1 fully saturated rings. The van der Waals surface area contributed by atoms with Crippen molar-refractivity contribution >= 4 is 29.0 Å². The largest absolute Gasteiger partial charge is 0.378 e. The summed E-state index contributed by atoms with van der Waals surface area (Å²) in [5, 5.41) is 14.3. The van der Waals surface area contributed by atoms with Crippen LogP contribution in [0.4, 0.5) is 17.2 Å². The summed E-state index contributed by atoms with van der Waals surface area (Å²) in [5.74, 6) is -0.294. The summed E-state index contributed by atoms with van der Waals surface area (Å²) in [7, 11) is 1.66. The van der Waals surface area contributed by atoms with Gasteiger partial charge in [0, 0.05) is 54.3 Å². The van der Waals surface area contributed by atoms with Crippen molar-refractivity contribution in [1.29, 1.82) is 0 Å². The number of carbonyl (C=O) groups excluding carboxylic acids is 2. The van der Waals surface area contributed by atoms with Gasteiger partial charge in [-0.3, -0.25) is 14.4 Å². The molecule has 3 heterocycles. The van der Waals surface area contributed by atoms with E-state index in [9.17, 15) is 14.4 Å². The van der Waals surface area contributed by atoms with Gasteiger partial charge in [-0.15, -0.1) is 5.10 Å². The van der Waals surface area contributed by atoms with Gasteiger partial charge in [-0.05, 0) is 55.0 Å². The van der Waals surface area contributed by atoms with E-state index in [2.05, 4.69) is 25.8 Å². The minimum absolute atomic E-state index is 0.0534. The Morgan fingerprint density at radius 2 is 1.67 bits per heavy atom. The van der Waals surface area contributed by atoms with E-state index >= 15 is 0 Å². The molecule has 2 aromatic carbocycles. The van der Waals surface area contributed by atoms with Crippen molar-refractivity contribution in [2.45, 2.75) is 33.1 Å². The average molecular weight is 582 g/mol. The first-order chi connectivity index (χ1) is 20.5. The molecule has 0 spiro atoms. The molecule has 1 aliphatic rings. The average Bonchev–Trinajstić information content (AvgIpc) is 3.00. The van der Waals surface area contributed by atoms with Crippen molar-refractivity contribution in [3.05, 3.63) is 93.7 Å². The molecule has 0 aliphatic carbocycles. The Bertz CT molecular complexity index is 1700. The highest BCUT2D eigenvalue weighted by Gasteiger charge is 2.20. The molecule has 2 amide bonds. The number of nitrogens with zero attached hydrogens (tertiary/aromatic N) is 5. The Morgan fingerprint density at radius 1 is 0.953 bits per heavy atom. The van der Waals surface area contributed by atoms with Crippen LogP contribution in [0.1, 0.15) is 52.9 Å². The number of morpholine rings is 1. The minimum Gasteiger partial charge on any atom is -0.378 e. The molecule has 0 bridgehead atoms. The lowest BCUT2D eigenvalue weighted by Gasteiger charge is -2.26. The number of carbonyl (C=O) groups is 2. The first kappa shape index (κ1) is 29.6. The number of ether oxygens (including phenoxy) is 1. The van der Waals surface area contributed by atoms with Crippen LogP contribution in [0, 0.1) is 6.92 Å². The van der Waals surface area contributed by atoms with E-state index in [0.29, 0.717) is 48.9 Å². The highest BCUT2D eigenvalue weighted by atomic mass is 16.5. The number of rotatable bonds is 6. The van der Waals surface area contributed by atoms with Crippen LogP contribution in [0.2, 0.25) is 0 Å². The number of nitrogens with one attached hydrogen (secondary N) is 2. The molecular weight excluding hydrogens is 546 g/mol. The van der Waals surface area contributed by atoms with Gasteiger partial charge >= 0.3 is 0 Å². The van der Waals surface area contributed by atoms with E-state index in [-0.39, 0.29) is 34.3 Å². The molecule has 5 rings (SSSR count). The van der Waals surface area contributed by atoms with Gasteiger partial charge in [0.2, 0.25) is 0 Å². The molecule has 0 atom stereocenters. The molecule has 11 nitrogen and oxygen atoms in total. The first-order valence-electron chi connectivity index (χ1n) is 14.1. The lowest BCUT2D eigenvalue weighted by atomic mass is 9.92. The quantitative estimate of drug-likeness (QED) is 0.344. The third kappa shape index (κ3) is 6.62. The molecule has 11 heteroatoms. The number of aryl methyl sites for hydroxylation is 1. The SMILES string of the molecule is Cc1c(NC(=O)c2ccc(C(C)(C)C)nn2)cccc1-c1cn(C)c(=O)c(Nc2ccc(C(=O)N3CCOCC3)cc2)n1. The molecule has 0 saturated carbocycles. The number of aromatic nitrogens is 4. The van der Waals surface area contributed by atoms with E-state index in [4.69, 9.17) is 4.74 Å². The van der Waals surface area contributed by atoms with Crippen LogP contribution in [0.3, 0.4) is 0 Å². The van der Waals surface area contributed by atoms with Crippen molar-refractivity contribution in [3.8, 4) is 11.3 Å². The Balaban J connectivity index is 1.35. The van der Waals surface area contributed by atoms with Crippen LogP contribution in [0.25, 0.3) is 11.3 Å². The predicted octanol–water partition coefficient (Wildman–Crippen LogP) is 4.31. The molecule has 1 aliphatic heterocycles. The van der Waals surface area contributed by atoms with Crippen LogP contribution < -0.4 is 16.2 Å². The van der Waals surface area contributed by atoms with Gasteiger partial charge in [-0.25, -0.2) is 4.98 Å². The monoisotopic (exact) mass is 581 g/mol. The normalized spacial score (nSPS) is 13.5. The molecule has 43 heavy (non-hydrogen) atoms. The van der Waals surface area contributed by atoms with Gasteiger partial charge in [-0.2, -0.15) is 5.10 Å². The van der Waals surface area contributed by atoms with E-state index in [1.165, 1.54) is 4.57 Å². The van der Waals surface area contributed by atoms with Crippen LogP contribution in [0.5, 0.6) is 0 Å². The maximum atomic E-state index is 13.0. The highest BCUT2D eigenvalue weighted by Crippen LogP contribution is 2.28. The van der Waals surface area contributed by atoms with Gasteiger partial charge in [-0.1, -0.05) is 32.9 Å². The number of benzene rings is 2. The second-order valence-corrected chi connectivity index (χ2v) is 11.5. The van der Waals surface area contributed by atoms with Crippen molar-refractivity contribution in [2.24, 2.45) is 7.05 Å². The third-order valence-corrected chi connectivity index (χ3v) is 7.29. The summed E-state index contributed by atoms with van der Waals surface area (Å²) in [6.07, 6.45) is 1.66. The fourth-order valence-corrected chi connectivity index (χ4v) is 4.69. The minimum atomic E-state index is -0.375. The van der Waals surface area contributed by atoms with E-state index in [0.717, 1.165) is 16.8 Å². The Kier molecular flexibility index (Phi) is 8.36. The van der Waals surface area contributed by atoms with Crippen LogP contribution in [-0.4, -0.2) is 62.8 Å². The lowest BCUT2D eigenvalue weighted by Crippen LogP contribution is -2.40. The molecular formula is C32H35N7O4. The summed E-state index contributed by atoms with van der Waals surface area (Å²) in [6.45, 7) is 10.2. The Hall–Kier alpha value is -4.90. The number of amides is 2. The summed E-state index contributed by atoms with van der Waals surface area (Å²) in [4.78, 5) is 45.1. The van der Waals surface area contributed by atoms with Crippen molar-refractivity contribution in [2.75, 3.05) is 36.9 Å². The van der Waals surface area contributed by atoms with E-state index in [1.807, 2.05) is 45.9 Å². The van der Waals surface area contributed by atoms with E-state index < -0.39 is 0 Å². The molecule has 0 radical (unpaired) electrons. The smallest absolute Gasteiger partial charge is 0.293 e. The zero-order chi connectivity index (χ0) is 30.7. The van der Waals surface area contributed by atoms with Gasteiger partial charge in [0.25, 0.3) is 17.4 Å². The Labute approximate surface area is 249 Å². The molecule has 2 N–H and O–H groups in total. The number of hydrogen-bond acceptors (Lipinski definition) is 8. The number of anilines is 3. The summed E-state index contributed by atoms with van der Waals surface area (Å²) >= 11 is 0. The fourth-order valence-electron chi connectivity index (χ4n) is 4.69. The molecule has 4 aromatic rings. The maximum absolute atomic E-state index is 13.0. The predicted molar refractivity (Wildman–Crippen MR) is 165 cm³/mol. The standard InChI is InChI=1S/C32H35N7O4/c1-20-23(7-6-8-24(20)35-29(40)25-13-14-27(37-36-25)32(2,3)4)26-19-38(5)31(42)28(34-26)33-22-11-9-21(10-12-22)30(41)39-15-17-43-18-16-39/h6-14,19H,15-18H2,1-5H3,(H,33,34)(H,35,40). The Morgan fingerprint density at radius 3 is 2.33 bits per heavy atom. The number of hydrogen-bond donors (Lipinski definition) is 2. The van der Waals surface area contributed by atoms with Crippen LogP contribution in [-0.2, 0) is 17.2 Å². The summed E-state index contributed by atoms with van der Waals surface area (Å²) in [6, 6.07) is 15.9. The zero-order valence-corrected chi connectivity index (χ0v) is 25.0. The second-order valence-electron chi connectivity index (χ2n) is 11.5. The van der Waals surface area contributed by atoms with Crippen molar-refractivity contribution in [3.63, 3.8) is 0 Å². The maximum Gasteiger partial charge on any atom is 0.293 e. The summed E-state index contributed by atoms with van der Waals surface area (Å²) < 4.78 is 6.79. The van der Waals surface area contributed by atoms with Crippen molar-refractivity contribution < 1.29 is 14.3 Å². The fraction of sp³-hybridized carbons (Fsp3) is 0.312. The van der Waals surface area contributed by atoms with Crippen LogP contribution in [0.15, 0.2) is 65.6 Å². The van der Waals surface area contributed by atoms with Crippen LogP contribution >= 0.6 is 0 Å². The van der Waals surface area contributed by atoms with Gasteiger partial charge < -0.3 is 24.8 Å². The topological polar surface area (TPSA) is 131 Å². The summed E-state index contributed by atoms with van der Waals surface area (Å²) in [5.41, 5.74) is 4.37.